The van der Waals surface area contributed by atoms with Crippen LogP contribution < -0.4 is 5.73 Å². The number of amides is 1. The van der Waals surface area contributed by atoms with E-state index in [4.69, 9.17) is 10.5 Å². The first-order chi connectivity index (χ1) is 7.07. The van der Waals surface area contributed by atoms with Gasteiger partial charge in [-0.2, -0.15) is 0 Å². The number of nitrogens with zero attached hydrogens (tertiary/aromatic N) is 1. The molecule has 88 valence electrons. The Hall–Kier alpha value is -0.610. The van der Waals surface area contributed by atoms with Crippen LogP contribution in [0.4, 0.5) is 0 Å². The molecule has 4 heteroatoms. The van der Waals surface area contributed by atoms with E-state index in [1.165, 1.54) is 0 Å². The van der Waals surface area contributed by atoms with Crippen LogP contribution in [0.15, 0.2) is 0 Å². The standard InChI is InChI=1S/C11H22N2O2/c1-4-5-8(2)13(3)11(14)9-6-15-7-10(9)12/h8-10H,4-7,12H2,1-3H3. The first-order valence-corrected chi connectivity index (χ1v) is 5.68. The fraction of sp³-hybridized carbons (Fsp3) is 0.909. The summed E-state index contributed by atoms with van der Waals surface area (Å²) in [7, 11) is 1.85. The summed E-state index contributed by atoms with van der Waals surface area (Å²) in [6, 6.07) is 0.157. The molecule has 3 atom stereocenters. The van der Waals surface area contributed by atoms with Gasteiger partial charge in [0.05, 0.1) is 19.1 Å². The number of rotatable bonds is 4. The minimum atomic E-state index is -0.144. The first-order valence-electron chi connectivity index (χ1n) is 5.68. The van der Waals surface area contributed by atoms with Gasteiger partial charge in [-0.15, -0.1) is 0 Å². The molecule has 15 heavy (non-hydrogen) atoms. The Morgan fingerprint density at radius 1 is 1.60 bits per heavy atom. The summed E-state index contributed by atoms with van der Waals surface area (Å²) in [6.07, 6.45) is 2.12. The Bertz CT molecular complexity index is 221. The smallest absolute Gasteiger partial charge is 0.229 e. The minimum absolute atomic E-state index is 0.126. The molecule has 0 aromatic heterocycles. The summed E-state index contributed by atoms with van der Waals surface area (Å²) in [4.78, 5) is 13.8. The molecule has 0 radical (unpaired) electrons. The van der Waals surface area contributed by atoms with E-state index in [-0.39, 0.29) is 23.9 Å². The monoisotopic (exact) mass is 214 g/mol. The van der Waals surface area contributed by atoms with Gasteiger partial charge in [0.1, 0.15) is 0 Å². The minimum Gasteiger partial charge on any atom is -0.379 e. The van der Waals surface area contributed by atoms with Crippen molar-refractivity contribution in [2.24, 2.45) is 11.7 Å². The summed E-state index contributed by atoms with van der Waals surface area (Å²) in [6.45, 7) is 5.18. The normalized spacial score (nSPS) is 27.7. The largest absolute Gasteiger partial charge is 0.379 e. The molecule has 0 spiro atoms. The van der Waals surface area contributed by atoms with Crippen molar-refractivity contribution in [1.29, 1.82) is 0 Å². The van der Waals surface area contributed by atoms with Crippen molar-refractivity contribution in [3.63, 3.8) is 0 Å². The van der Waals surface area contributed by atoms with Gasteiger partial charge in [-0.3, -0.25) is 4.79 Å². The quantitative estimate of drug-likeness (QED) is 0.746. The van der Waals surface area contributed by atoms with Gasteiger partial charge in [0.15, 0.2) is 0 Å². The van der Waals surface area contributed by atoms with Crippen LogP contribution >= 0.6 is 0 Å². The molecule has 1 aliphatic rings. The maximum Gasteiger partial charge on any atom is 0.229 e. The van der Waals surface area contributed by atoms with Crippen LogP contribution in [-0.2, 0) is 9.53 Å². The zero-order chi connectivity index (χ0) is 11.4. The SMILES string of the molecule is CCCC(C)N(C)C(=O)C1COCC1N. The third-order valence-corrected chi connectivity index (χ3v) is 3.16. The summed E-state index contributed by atoms with van der Waals surface area (Å²) >= 11 is 0. The molecule has 0 aromatic rings. The van der Waals surface area contributed by atoms with Crippen LogP contribution in [0, 0.1) is 5.92 Å². The topological polar surface area (TPSA) is 55.6 Å². The molecule has 1 fully saturated rings. The van der Waals surface area contributed by atoms with E-state index >= 15 is 0 Å². The molecule has 0 saturated carbocycles. The molecule has 1 saturated heterocycles. The van der Waals surface area contributed by atoms with Gasteiger partial charge in [0.25, 0.3) is 0 Å². The lowest BCUT2D eigenvalue weighted by molar-refractivity contribution is -0.136. The van der Waals surface area contributed by atoms with Crippen LogP contribution in [0.25, 0.3) is 0 Å². The summed E-state index contributed by atoms with van der Waals surface area (Å²) < 4.78 is 5.21. The predicted octanol–water partition coefficient (Wildman–Crippen LogP) is 0.607. The highest BCUT2D eigenvalue weighted by Gasteiger charge is 2.34. The van der Waals surface area contributed by atoms with Crippen LogP contribution in [0.2, 0.25) is 0 Å². The van der Waals surface area contributed by atoms with Crippen molar-refractivity contribution in [2.75, 3.05) is 20.3 Å². The van der Waals surface area contributed by atoms with E-state index in [1.807, 2.05) is 11.9 Å². The van der Waals surface area contributed by atoms with Crippen LogP contribution in [-0.4, -0.2) is 43.2 Å². The molecule has 2 N–H and O–H groups in total. The second-order valence-corrected chi connectivity index (χ2v) is 4.39. The van der Waals surface area contributed by atoms with Gasteiger partial charge in [0, 0.05) is 19.1 Å². The van der Waals surface area contributed by atoms with Gasteiger partial charge in [-0.25, -0.2) is 0 Å². The Labute approximate surface area is 91.8 Å². The van der Waals surface area contributed by atoms with E-state index < -0.39 is 0 Å². The van der Waals surface area contributed by atoms with Crippen LogP contribution in [0.1, 0.15) is 26.7 Å². The van der Waals surface area contributed by atoms with E-state index in [0.717, 1.165) is 12.8 Å². The number of ether oxygens (including phenoxy) is 1. The average molecular weight is 214 g/mol. The van der Waals surface area contributed by atoms with E-state index in [1.54, 1.807) is 0 Å². The van der Waals surface area contributed by atoms with Gasteiger partial charge in [-0.1, -0.05) is 13.3 Å². The van der Waals surface area contributed by atoms with Crippen molar-refractivity contribution in [1.82, 2.24) is 4.90 Å². The maximum absolute atomic E-state index is 12.0. The molecule has 4 nitrogen and oxygen atoms in total. The lowest BCUT2D eigenvalue weighted by atomic mass is 10.0. The zero-order valence-electron chi connectivity index (χ0n) is 9.90. The van der Waals surface area contributed by atoms with Crippen molar-refractivity contribution in [3.05, 3.63) is 0 Å². The van der Waals surface area contributed by atoms with Crippen LogP contribution in [0.5, 0.6) is 0 Å². The molecule has 0 aromatic carbocycles. The Morgan fingerprint density at radius 2 is 2.27 bits per heavy atom. The Balaban J connectivity index is 2.51. The molecule has 0 bridgehead atoms. The molecular formula is C11H22N2O2. The molecule has 0 aliphatic carbocycles. The highest BCUT2D eigenvalue weighted by atomic mass is 16.5. The number of carbonyl (C=O) groups is 1. The molecule has 1 amide bonds. The van der Waals surface area contributed by atoms with Crippen molar-refractivity contribution < 1.29 is 9.53 Å². The average Bonchev–Trinajstić information content (AvgIpc) is 2.62. The van der Waals surface area contributed by atoms with Gasteiger partial charge < -0.3 is 15.4 Å². The summed E-state index contributed by atoms with van der Waals surface area (Å²) in [5, 5.41) is 0. The third kappa shape index (κ3) is 2.92. The lowest BCUT2D eigenvalue weighted by Crippen LogP contribution is -2.45. The lowest BCUT2D eigenvalue weighted by Gasteiger charge is -2.28. The predicted molar refractivity (Wildman–Crippen MR) is 59.4 cm³/mol. The van der Waals surface area contributed by atoms with E-state index in [2.05, 4.69) is 13.8 Å². The third-order valence-electron chi connectivity index (χ3n) is 3.16. The molecule has 3 unspecified atom stereocenters. The number of hydrogen-bond donors (Lipinski definition) is 1. The summed E-state index contributed by atoms with van der Waals surface area (Å²) in [5.74, 6) is -0.0183. The maximum atomic E-state index is 12.0. The van der Waals surface area contributed by atoms with Crippen molar-refractivity contribution in [3.8, 4) is 0 Å². The van der Waals surface area contributed by atoms with Crippen molar-refractivity contribution in [2.45, 2.75) is 38.8 Å². The van der Waals surface area contributed by atoms with E-state index in [0.29, 0.717) is 13.2 Å². The van der Waals surface area contributed by atoms with Gasteiger partial charge >= 0.3 is 0 Å². The fourth-order valence-corrected chi connectivity index (χ4v) is 1.92. The first kappa shape index (κ1) is 12.5. The second kappa shape index (κ2) is 5.47. The van der Waals surface area contributed by atoms with Crippen LogP contribution in [0.3, 0.4) is 0 Å². The zero-order valence-corrected chi connectivity index (χ0v) is 9.90. The number of nitrogens with two attached hydrogens (primary N) is 1. The van der Waals surface area contributed by atoms with Gasteiger partial charge in [0.2, 0.25) is 5.91 Å². The highest BCUT2D eigenvalue weighted by Crippen LogP contribution is 2.16. The van der Waals surface area contributed by atoms with E-state index in [9.17, 15) is 4.79 Å². The van der Waals surface area contributed by atoms with Gasteiger partial charge in [-0.05, 0) is 13.3 Å². The molecule has 1 rings (SSSR count). The molecular weight excluding hydrogens is 192 g/mol. The Morgan fingerprint density at radius 3 is 2.73 bits per heavy atom. The number of hydrogen-bond acceptors (Lipinski definition) is 3. The van der Waals surface area contributed by atoms with Crippen molar-refractivity contribution >= 4 is 5.91 Å². The fourth-order valence-electron chi connectivity index (χ4n) is 1.92. The molecule has 1 aliphatic heterocycles. The molecule has 1 heterocycles. The highest BCUT2D eigenvalue weighted by molar-refractivity contribution is 5.80. The Kier molecular flexibility index (Phi) is 4.54. The summed E-state index contributed by atoms with van der Waals surface area (Å²) in [5.41, 5.74) is 5.82. The second-order valence-electron chi connectivity index (χ2n) is 4.39. The number of carbonyl (C=O) groups excluding carboxylic acids is 1.